The summed E-state index contributed by atoms with van der Waals surface area (Å²) in [6.45, 7) is 4.31. The molecule has 0 aromatic rings. The molecule has 0 spiro atoms. The Morgan fingerprint density at radius 1 is 0.500 bits per heavy atom. The van der Waals surface area contributed by atoms with Crippen LogP contribution in [0, 0.1) is 0 Å². The van der Waals surface area contributed by atoms with Gasteiger partial charge in [-0.05, 0) is 19.3 Å². The first-order chi connectivity index (χ1) is 22.7. The van der Waals surface area contributed by atoms with Crippen molar-refractivity contribution >= 4 is 5.91 Å². The number of carbonyl (C=O) groups is 1. The van der Waals surface area contributed by atoms with E-state index in [-0.39, 0.29) is 12.5 Å². The van der Waals surface area contributed by atoms with Crippen LogP contribution in [0.3, 0.4) is 0 Å². The summed E-state index contributed by atoms with van der Waals surface area (Å²) >= 11 is 0. The van der Waals surface area contributed by atoms with Crippen molar-refractivity contribution in [2.24, 2.45) is 0 Å². The van der Waals surface area contributed by atoms with Crippen LogP contribution in [0.2, 0.25) is 0 Å². The highest BCUT2D eigenvalue weighted by atomic mass is 16.3. The van der Waals surface area contributed by atoms with Gasteiger partial charge in [0.15, 0.2) is 0 Å². The van der Waals surface area contributed by atoms with Crippen molar-refractivity contribution in [3.8, 4) is 0 Å². The normalized spacial score (nSPS) is 13.0. The molecule has 0 fully saturated rings. The van der Waals surface area contributed by atoms with Crippen molar-refractivity contribution in [2.45, 2.75) is 244 Å². The number of carbonyl (C=O) groups excluding carboxylic acids is 1. The highest BCUT2D eigenvalue weighted by Crippen LogP contribution is 2.16. The Hall–Kier alpha value is -0.870. The molecule has 1 amide bonds. The highest BCUT2D eigenvalue weighted by molar-refractivity contribution is 5.76. The molecule has 0 saturated carbocycles. The minimum atomic E-state index is -0.832. The number of hydrogen-bond acceptors (Lipinski definition) is 3. The maximum absolute atomic E-state index is 12.3. The molecule has 4 nitrogen and oxygen atoms in total. The molecular formula is C42H83NO3. The molecule has 4 heteroatoms. The summed E-state index contributed by atoms with van der Waals surface area (Å²) in [5, 5.41) is 22.9. The first-order valence-corrected chi connectivity index (χ1v) is 20.9. The van der Waals surface area contributed by atoms with Crippen LogP contribution in [0.25, 0.3) is 0 Å². The number of amides is 1. The van der Waals surface area contributed by atoms with Gasteiger partial charge in [-0.25, -0.2) is 0 Å². The average molecular weight is 650 g/mol. The molecule has 0 aliphatic carbocycles. The topological polar surface area (TPSA) is 69.6 Å². The monoisotopic (exact) mass is 650 g/mol. The molecule has 0 aliphatic heterocycles. The van der Waals surface area contributed by atoms with Crippen molar-refractivity contribution in [1.29, 1.82) is 0 Å². The number of allylic oxidation sites excluding steroid dienone is 1. The number of rotatable bonds is 38. The van der Waals surface area contributed by atoms with Gasteiger partial charge < -0.3 is 15.5 Å². The van der Waals surface area contributed by atoms with Gasteiger partial charge in [0.2, 0.25) is 5.91 Å². The van der Waals surface area contributed by atoms with E-state index in [1.165, 1.54) is 186 Å². The molecule has 0 aromatic carbocycles. The largest absolute Gasteiger partial charge is 0.394 e. The molecule has 0 aromatic heterocycles. The summed E-state index contributed by atoms with van der Waals surface area (Å²) in [7, 11) is 0. The van der Waals surface area contributed by atoms with Crippen molar-refractivity contribution in [2.75, 3.05) is 6.61 Å². The Labute approximate surface area is 288 Å². The van der Waals surface area contributed by atoms with Crippen LogP contribution in [0.4, 0.5) is 0 Å². The minimum Gasteiger partial charge on any atom is -0.394 e. The summed E-state index contributed by atoms with van der Waals surface area (Å²) in [4.78, 5) is 12.3. The van der Waals surface area contributed by atoms with Gasteiger partial charge in [-0.2, -0.15) is 0 Å². The van der Waals surface area contributed by atoms with Crippen molar-refractivity contribution in [1.82, 2.24) is 5.32 Å². The third-order valence-electron chi connectivity index (χ3n) is 9.77. The molecule has 274 valence electrons. The van der Waals surface area contributed by atoms with Crippen LogP contribution in [-0.4, -0.2) is 34.9 Å². The molecule has 46 heavy (non-hydrogen) atoms. The first-order valence-electron chi connectivity index (χ1n) is 20.9. The zero-order valence-electron chi connectivity index (χ0n) is 31.4. The fourth-order valence-electron chi connectivity index (χ4n) is 6.53. The van der Waals surface area contributed by atoms with E-state index in [4.69, 9.17) is 0 Å². The smallest absolute Gasteiger partial charge is 0.220 e. The summed E-state index contributed by atoms with van der Waals surface area (Å²) in [6, 6.07) is -0.614. The zero-order chi connectivity index (χ0) is 33.6. The maximum atomic E-state index is 12.3. The maximum Gasteiger partial charge on any atom is 0.220 e. The van der Waals surface area contributed by atoms with E-state index in [2.05, 4.69) is 19.2 Å². The molecular weight excluding hydrogens is 566 g/mol. The first kappa shape index (κ1) is 45.1. The van der Waals surface area contributed by atoms with Crippen LogP contribution in [0.1, 0.15) is 232 Å². The minimum absolute atomic E-state index is 0.0612. The lowest BCUT2D eigenvalue weighted by Crippen LogP contribution is -2.45. The second kappa shape index (κ2) is 38.6. The van der Waals surface area contributed by atoms with Gasteiger partial charge in [0.25, 0.3) is 0 Å². The number of unbranched alkanes of at least 4 members (excludes halogenated alkanes) is 31. The summed E-state index contributed by atoms with van der Waals surface area (Å²) in [5.74, 6) is -0.0612. The number of aliphatic hydroxyl groups excluding tert-OH is 2. The Bertz CT molecular complexity index is 622. The van der Waals surface area contributed by atoms with Crippen LogP contribution < -0.4 is 5.32 Å². The molecule has 0 bridgehead atoms. The highest BCUT2D eigenvalue weighted by Gasteiger charge is 2.17. The van der Waals surface area contributed by atoms with Gasteiger partial charge in [-0.15, -0.1) is 0 Å². The van der Waals surface area contributed by atoms with E-state index in [1.807, 2.05) is 6.08 Å². The van der Waals surface area contributed by atoms with E-state index < -0.39 is 12.1 Å². The second-order valence-corrected chi connectivity index (χ2v) is 14.4. The molecule has 2 atom stereocenters. The molecule has 2 unspecified atom stereocenters. The van der Waals surface area contributed by atoms with Crippen LogP contribution in [-0.2, 0) is 4.79 Å². The van der Waals surface area contributed by atoms with Gasteiger partial charge >= 0.3 is 0 Å². The van der Waals surface area contributed by atoms with E-state index in [9.17, 15) is 15.0 Å². The lowest BCUT2D eigenvalue weighted by molar-refractivity contribution is -0.123. The van der Waals surface area contributed by atoms with Crippen molar-refractivity contribution in [3.05, 3.63) is 12.2 Å². The second-order valence-electron chi connectivity index (χ2n) is 14.4. The van der Waals surface area contributed by atoms with Crippen LogP contribution in [0.15, 0.2) is 12.2 Å². The summed E-state index contributed by atoms with van der Waals surface area (Å²) in [5.41, 5.74) is 0. The number of aliphatic hydroxyl groups is 2. The van der Waals surface area contributed by atoms with Gasteiger partial charge in [-0.3, -0.25) is 4.79 Å². The summed E-state index contributed by atoms with van der Waals surface area (Å²) < 4.78 is 0. The average Bonchev–Trinajstić information content (AvgIpc) is 3.06. The van der Waals surface area contributed by atoms with Crippen molar-refractivity contribution in [3.63, 3.8) is 0 Å². The lowest BCUT2D eigenvalue weighted by Gasteiger charge is -2.20. The summed E-state index contributed by atoms with van der Waals surface area (Å²) in [6.07, 6.45) is 47.5. The van der Waals surface area contributed by atoms with E-state index in [0.29, 0.717) is 6.42 Å². The Kier molecular flexibility index (Phi) is 37.8. The van der Waals surface area contributed by atoms with E-state index in [1.54, 1.807) is 6.08 Å². The molecule has 0 radical (unpaired) electrons. The standard InChI is InChI=1S/C42H83NO3/c1-3-5-7-9-11-13-15-16-17-18-19-20-21-22-23-24-25-26-28-30-32-34-36-38-42(46)43-40(39-44)41(45)37-35-33-31-29-27-14-12-10-8-6-4-2/h35,37,40-41,44-45H,3-34,36,38-39H2,1-2H3,(H,43,46)/b37-35+. The van der Waals surface area contributed by atoms with Gasteiger partial charge in [0.1, 0.15) is 0 Å². The van der Waals surface area contributed by atoms with E-state index in [0.717, 1.165) is 25.7 Å². The third kappa shape index (κ3) is 34.5. The van der Waals surface area contributed by atoms with Gasteiger partial charge in [-0.1, -0.05) is 219 Å². The molecule has 0 rings (SSSR count). The Morgan fingerprint density at radius 3 is 1.13 bits per heavy atom. The lowest BCUT2D eigenvalue weighted by atomic mass is 10.0. The van der Waals surface area contributed by atoms with E-state index >= 15 is 0 Å². The SMILES string of the molecule is CCCCCCCCCCC/C=C/C(O)C(CO)NC(=O)CCCCCCCCCCCCCCCCCCCCCCCCC. The van der Waals surface area contributed by atoms with Crippen LogP contribution >= 0.6 is 0 Å². The van der Waals surface area contributed by atoms with Crippen molar-refractivity contribution < 1.29 is 15.0 Å². The predicted molar refractivity (Wildman–Crippen MR) is 202 cm³/mol. The van der Waals surface area contributed by atoms with Gasteiger partial charge in [0.05, 0.1) is 18.8 Å². The number of hydrogen-bond donors (Lipinski definition) is 3. The molecule has 0 heterocycles. The molecule has 3 N–H and O–H groups in total. The predicted octanol–water partition coefficient (Wildman–Crippen LogP) is 12.7. The number of nitrogens with one attached hydrogen (secondary N) is 1. The Morgan fingerprint density at radius 2 is 0.804 bits per heavy atom. The zero-order valence-corrected chi connectivity index (χ0v) is 31.4. The fourth-order valence-corrected chi connectivity index (χ4v) is 6.53. The molecule has 0 aliphatic rings. The Balaban J connectivity index is 3.47. The quantitative estimate of drug-likeness (QED) is 0.0460. The fraction of sp³-hybridized carbons (Fsp3) is 0.929. The molecule has 0 saturated heterocycles. The van der Waals surface area contributed by atoms with Gasteiger partial charge in [0, 0.05) is 6.42 Å². The third-order valence-corrected chi connectivity index (χ3v) is 9.77. The van der Waals surface area contributed by atoms with Crippen LogP contribution in [0.5, 0.6) is 0 Å².